The average molecular weight is 386 g/mol. The van der Waals surface area contributed by atoms with Crippen LogP contribution in [-0.2, 0) is 0 Å². The minimum atomic E-state index is -0.100. The van der Waals surface area contributed by atoms with Gasteiger partial charge in [0.15, 0.2) is 5.76 Å². The Labute approximate surface area is 143 Å². The number of hydrogen-bond acceptors (Lipinski definition) is 3. The summed E-state index contributed by atoms with van der Waals surface area (Å²) in [6.45, 7) is 3.32. The Kier molecular flexibility index (Phi) is 4.48. The molecule has 0 aliphatic carbocycles. The fraction of sp³-hybridized carbons (Fsp3) is 0.438. The van der Waals surface area contributed by atoms with Crippen LogP contribution in [0.25, 0.3) is 11.0 Å². The predicted octanol–water partition coefficient (Wildman–Crippen LogP) is 3.44. The van der Waals surface area contributed by atoms with Gasteiger partial charge in [0.1, 0.15) is 5.58 Å². The van der Waals surface area contributed by atoms with Crippen molar-refractivity contribution in [1.29, 1.82) is 0 Å². The first-order valence-electron chi connectivity index (χ1n) is 7.42. The maximum Gasteiger partial charge on any atom is 0.287 e. The van der Waals surface area contributed by atoms with E-state index in [0.717, 1.165) is 22.0 Å². The quantitative estimate of drug-likeness (QED) is 0.861. The second-order valence-electron chi connectivity index (χ2n) is 5.99. The zero-order valence-electron chi connectivity index (χ0n) is 12.0. The van der Waals surface area contributed by atoms with Crippen molar-refractivity contribution >= 4 is 45.2 Å². The SMILES string of the molecule is Cl.O=C(N[C@@H]1CN2CCC1CC2)c1cc2cccc(Br)c2o1. The zero-order valence-corrected chi connectivity index (χ0v) is 14.5. The van der Waals surface area contributed by atoms with Gasteiger partial charge in [0.2, 0.25) is 0 Å². The maximum absolute atomic E-state index is 12.4. The van der Waals surface area contributed by atoms with Gasteiger partial charge in [0.25, 0.3) is 5.91 Å². The summed E-state index contributed by atoms with van der Waals surface area (Å²) in [5, 5.41) is 4.10. The largest absolute Gasteiger partial charge is 0.450 e. The molecule has 0 saturated carbocycles. The van der Waals surface area contributed by atoms with Gasteiger partial charge in [-0.05, 0) is 59.9 Å². The first-order chi connectivity index (χ1) is 10.2. The number of carbonyl (C=O) groups excluding carboxylic acids is 1. The van der Waals surface area contributed by atoms with Crippen molar-refractivity contribution in [3.05, 3.63) is 34.5 Å². The number of nitrogens with zero attached hydrogens (tertiary/aromatic N) is 1. The Morgan fingerprint density at radius 3 is 2.73 bits per heavy atom. The molecule has 22 heavy (non-hydrogen) atoms. The number of para-hydroxylation sites is 1. The highest BCUT2D eigenvalue weighted by Gasteiger charge is 2.35. The van der Waals surface area contributed by atoms with Crippen molar-refractivity contribution in [2.45, 2.75) is 18.9 Å². The molecule has 0 spiro atoms. The molecule has 2 aromatic rings. The minimum absolute atomic E-state index is 0. The fourth-order valence-electron chi connectivity index (χ4n) is 3.51. The smallest absolute Gasteiger partial charge is 0.287 e. The molecule has 1 atom stereocenters. The molecule has 3 aliphatic rings. The van der Waals surface area contributed by atoms with Crippen molar-refractivity contribution in [3.63, 3.8) is 0 Å². The van der Waals surface area contributed by atoms with Crippen LogP contribution in [0, 0.1) is 5.92 Å². The number of carbonyl (C=O) groups is 1. The van der Waals surface area contributed by atoms with Crippen molar-refractivity contribution in [2.24, 2.45) is 5.92 Å². The lowest BCUT2D eigenvalue weighted by molar-refractivity contribution is 0.0607. The van der Waals surface area contributed by atoms with Crippen LogP contribution in [0.4, 0.5) is 0 Å². The van der Waals surface area contributed by atoms with Crippen molar-refractivity contribution in [3.8, 4) is 0 Å². The van der Waals surface area contributed by atoms with Crippen LogP contribution >= 0.6 is 28.3 Å². The second kappa shape index (κ2) is 6.22. The number of hydrogen-bond donors (Lipinski definition) is 1. The Balaban J connectivity index is 0.00000144. The molecular formula is C16H18BrClN2O2. The van der Waals surface area contributed by atoms with Gasteiger partial charge in [-0.25, -0.2) is 0 Å². The van der Waals surface area contributed by atoms with Gasteiger partial charge in [-0.1, -0.05) is 12.1 Å². The van der Waals surface area contributed by atoms with E-state index in [4.69, 9.17) is 4.42 Å². The molecule has 1 N–H and O–H groups in total. The van der Waals surface area contributed by atoms with E-state index in [2.05, 4.69) is 26.1 Å². The Hall–Kier alpha value is -1.04. The van der Waals surface area contributed by atoms with E-state index in [1.165, 1.54) is 25.9 Å². The lowest BCUT2D eigenvalue weighted by Gasteiger charge is -2.44. The van der Waals surface area contributed by atoms with E-state index in [1.54, 1.807) is 0 Å². The van der Waals surface area contributed by atoms with Crippen LogP contribution in [0.5, 0.6) is 0 Å². The van der Waals surface area contributed by atoms with Gasteiger partial charge >= 0.3 is 0 Å². The number of piperidine rings is 3. The van der Waals surface area contributed by atoms with Crippen molar-refractivity contribution in [1.82, 2.24) is 10.2 Å². The first-order valence-corrected chi connectivity index (χ1v) is 8.21. The third kappa shape index (κ3) is 2.77. The molecule has 4 heterocycles. The standard InChI is InChI=1S/C16H17BrN2O2.ClH/c17-12-3-1-2-11-8-14(21-15(11)12)16(20)18-13-9-19-6-4-10(13)5-7-19;/h1-3,8,10,13H,4-7,9H2,(H,18,20);1H/t13-;/m1./s1. The lowest BCUT2D eigenvalue weighted by Crippen LogP contribution is -2.57. The summed E-state index contributed by atoms with van der Waals surface area (Å²) in [6, 6.07) is 7.89. The molecule has 0 radical (unpaired) electrons. The molecule has 0 unspecified atom stereocenters. The normalized spacial score (nSPS) is 26.7. The molecule has 3 saturated heterocycles. The third-order valence-electron chi connectivity index (χ3n) is 4.69. The summed E-state index contributed by atoms with van der Waals surface area (Å²) in [6.07, 6.45) is 2.38. The molecule has 5 rings (SSSR count). The van der Waals surface area contributed by atoms with Gasteiger partial charge in [-0.2, -0.15) is 0 Å². The van der Waals surface area contributed by atoms with Gasteiger partial charge < -0.3 is 14.6 Å². The van der Waals surface area contributed by atoms with Gasteiger partial charge in [-0.3, -0.25) is 4.79 Å². The summed E-state index contributed by atoms with van der Waals surface area (Å²) in [7, 11) is 0. The summed E-state index contributed by atoms with van der Waals surface area (Å²) < 4.78 is 6.59. The number of rotatable bonds is 2. The van der Waals surface area contributed by atoms with Gasteiger partial charge in [0, 0.05) is 18.0 Å². The van der Waals surface area contributed by atoms with Crippen LogP contribution in [0.3, 0.4) is 0 Å². The molecule has 1 aromatic carbocycles. The Morgan fingerprint density at radius 2 is 2.09 bits per heavy atom. The van der Waals surface area contributed by atoms with Gasteiger partial charge in [0.05, 0.1) is 4.47 Å². The lowest BCUT2D eigenvalue weighted by atomic mass is 9.84. The molecule has 6 heteroatoms. The van der Waals surface area contributed by atoms with E-state index in [-0.39, 0.29) is 24.4 Å². The molecule has 4 nitrogen and oxygen atoms in total. The van der Waals surface area contributed by atoms with E-state index in [0.29, 0.717) is 11.7 Å². The highest BCUT2D eigenvalue weighted by molar-refractivity contribution is 9.10. The first kappa shape index (κ1) is 15.8. The summed E-state index contributed by atoms with van der Waals surface area (Å²) in [4.78, 5) is 14.9. The molecule has 1 amide bonds. The highest BCUT2D eigenvalue weighted by Crippen LogP contribution is 2.29. The average Bonchev–Trinajstić information content (AvgIpc) is 2.94. The summed E-state index contributed by atoms with van der Waals surface area (Å²) in [5.41, 5.74) is 0.733. The van der Waals surface area contributed by atoms with Crippen LogP contribution in [0.2, 0.25) is 0 Å². The molecule has 2 bridgehead atoms. The molecule has 3 fully saturated rings. The maximum atomic E-state index is 12.4. The summed E-state index contributed by atoms with van der Waals surface area (Å²) in [5.74, 6) is 0.917. The molecule has 3 aliphatic heterocycles. The van der Waals surface area contributed by atoms with Crippen LogP contribution in [0.1, 0.15) is 23.4 Å². The number of furan rings is 1. The van der Waals surface area contributed by atoms with Gasteiger partial charge in [-0.15, -0.1) is 12.4 Å². The number of benzene rings is 1. The minimum Gasteiger partial charge on any atom is -0.450 e. The molecule has 1 aromatic heterocycles. The molecule has 118 valence electrons. The monoisotopic (exact) mass is 384 g/mol. The molecular weight excluding hydrogens is 368 g/mol. The second-order valence-corrected chi connectivity index (χ2v) is 6.84. The zero-order chi connectivity index (χ0) is 14.4. The van der Waals surface area contributed by atoms with E-state index < -0.39 is 0 Å². The van der Waals surface area contributed by atoms with Crippen LogP contribution < -0.4 is 5.32 Å². The highest BCUT2D eigenvalue weighted by atomic mass is 79.9. The van der Waals surface area contributed by atoms with Crippen molar-refractivity contribution in [2.75, 3.05) is 19.6 Å². The van der Waals surface area contributed by atoms with Crippen LogP contribution in [0.15, 0.2) is 33.2 Å². The Bertz CT molecular complexity index is 695. The van der Waals surface area contributed by atoms with E-state index in [1.807, 2.05) is 24.3 Å². The number of amides is 1. The predicted molar refractivity (Wildman–Crippen MR) is 91.6 cm³/mol. The van der Waals surface area contributed by atoms with E-state index in [9.17, 15) is 4.79 Å². The van der Waals surface area contributed by atoms with E-state index >= 15 is 0 Å². The summed E-state index contributed by atoms with van der Waals surface area (Å²) >= 11 is 3.45. The number of halogens is 2. The van der Waals surface area contributed by atoms with Crippen molar-refractivity contribution < 1.29 is 9.21 Å². The topological polar surface area (TPSA) is 45.5 Å². The van der Waals surface area contributed by atoms with Crippen LogP contribution in [-0.4, -0.2) is 36.5 Å². The number of nitrogens with one attached hydrogen (secondary N) is 1. The fourth-order valence-corrected chi connectivity index (χ4v) is 3.97. The third-order valence-corrected chi connectivity index (χ3v) is 5.32. The Morgan fingerprint density at radius 1 is 1.32 bits per heavy atom. The number of fused-ring (bicyclic) bond motifs is 4.